The molecule has 35 heavy (non-hydrogen) atoms. The van der Waals surface area contributed by atoms with Gasteiger partial charge in [0.1, 0.15) is 19.3 Å². The normalized spacial score (nSPS) is 14.6. The van der Waals surface area contributed by atoms with Crippen molar-refractivity contribution in [2.75, 3.05) is 54.1 Å². The topological polar surface area (TPSA) is 91.3 Å². The first-order valence-electron chi connectivity index (χ1n) is 13.7. The Balaban J connectivity index is 3.77. The molecule has 1 N–H and O–H groups in total. The highest BCUT2D eigenvalue weighted by molar-refractivity contribution is 7.47. The molecule has 2 atom stereocenters. The standard InChI is InChI=1S/C26H54NO7P/c1-6-7-8-9-10-11-12-13-14-15-16-17-18-19-21-31-23-26(34-25(2)28)24-33-35(29,30)32-22-20-27(3,4)5/h26H,6-24H2,1-5H3/p+1/t26-/m0/s1. The first-order valence-corrected chi connectivity index (χ1v) is 15.2. The minimum Gasteiger partial charge on any atom is -0.458 e. The molecule has 0 aromatic heterocycles. The Hall–Kier alpha value is -0.500. The van der Waals surface area contributed by atoms with Crippen LogP contribution in [0.25, 0.3) is 0 Å². The fourth-order valence-corrected chi connectivity index (χ4v) is 4.35. The van der Waals surface area contributed by atoms with Gasteiger partial charge in [-0.25, -0.2) is 4.57 Å². The van der Waals surface area contributed by atoms with Gasteiger partial charge in [-0.05, 0) is 6.42 Å². The second-order valence-corrected chi connectivity index (χ2v) is 12.0. The summed E-state index contributed by atoms with van der Waals surface area (Å²) in [5, 5.41) is 0. The third-order valence-corrected chi connectivity index (χ3v) is 6.70. The lowest BCUT2D eigenvalue weighted by Gasteiger charge is -2.24. The molecule has 0 rings (SSSR count). The van der Waals surface area contributed by atoms with Crippen LogP contribution in [0.15, 0.2) is 0 Å². The van der Waals surface area contributed by atoms with Crippen LogP contribution >= 0.6 is 7.82 Å². The Morgan fingerprint density at radius 1 is 0.771 bits per heavy atom. The number of carbonyl (C=O) groups is 1. The molecule has 210 valence electrons. The lowest BCUT2D eigenvalue weighted by Crippen LogP contribution is -2.37. The molecular weight excluding hydrogens is 469 g/mol. The number of likely N-dealkylation sites (N-methyl/N-ethyl adjacent to an activating group) is 1. The minimum atomic E-state index is -4.21. The second-order valence-electron chi connectivity index (χ2n) is 10.5. The predicted molar refractivity (Wildman–Crippen MR) is 141 cm³/mol. The molecule has 0 amide bonds. The fourth-order valence-electron chi connectivity index (χ4n) is 3.61. The summed E-state index contributed by atoms with van der Waals surface area (Å²) in [5.74, 6) is -0.489. The van der Waals surface area contributed by atoms with Crippen molar-refractivity contribution in [3.63, 3.8) is 0 Å². The molecule has 0 saturated carbocycles. The van der Waals surface area contributed by atoms with Gasteiger partial charge in [0.25, 0.3) is 0 Å². The van der Waals surface area contributed by atoms with Gasteiger partial charge in [-0.3, -0.25) is 13.8 Å². The minimum absolute atomic E-state index is 0.0884. The van der Waals surface area contributed by atoms with Gasteiger partial charge < -0.3 is 18.9 Å². The molecule has 8 nitrogen and oxygen atoms in total. The van der Waals surface area contributed by atoms with Gasteiger partial charge in [0.15, 0.2) is 0 Å². The fraction of sp³-hybridized carbons (Fsp3) is 0.962. The molecule has 0 fully saturated rings. The lowest BCUT2D eigenvalue weighted by atomic mass is 10.0. The zero-order valence-electron chi connectivity index (χ0n) is 23.3. The number of phosphoric ester groups is 1. The van der Waals surface area contributed by atoms with Gasteiger partial charge in [-0.1, -0.05) is 90.4 Å². The van der Waals surface area contributed by atoms with Crippen LogP contribution in [0.5, 0.6) is 0 Å². The Bertz CT molecular complexity index is 554. The van der Waals surface area contributed by atoms with Crippen molar-refractivity contribution >= 4 is 13.8 Å². The SMILES string of the molecule is CCCCCCCCCCCCCCCCOC[C@@H](COP(=O)(O)OCC[N+](C)(C)C)OC(C)=O. The molecule has 0 spiro atoms. The van der Waals surface area contributed by atoms with Gasteiger partial charge in [-0.15, -0.1) is 0 Å². The van der Waals surface area contributed by atoms with Crippen LogP contribution < -0.4 is 0 Å². The highest BCUT2D eigenvalue weighted by Crippen LogP contribution is 2.43. The van der Waals surface area contributed by atoms with E-state index >= 15 is 0 Å². The summed E-state index contributed by atoms with van der Waals surface area (Å²) in [6.45, 7) is 4.63. The maximum absolute atomic E-state index is 12.0. The van der Waals surface area contributed by atoms with Crippen molar-refractivity contribution in [3.8, 4) is 0 Å². The molecule has 0 bridgehead atoms. The van der Waals surface area contributed by atoms with E-state index in [1.54, 1.807) is 0 Å². The molecule has 0 heterocycles. The van der Waals surface area contributed by atoms with Gasteiger partial charge in [0, 0.05) is 13.5 Å². The zero-order chi connectivity index (χ0) is 26.4. The van der Waals surface area contributed by atoms with E-state index in [0.29, 0.717) is 17.6 Å². The monoisotopic (exact) mass is 524 g/mol. The average molecular weight is 525 g/mol. The number of hydrogen-bond donors (Lipinski definition) is 1. The Kier molecular flexibility index (Phi) is 21.3. The third kappa shape index (κ3) is 26.4. The van der Waals surface area contributed by atoms with Gasteiger partial charge in [0.05, 0.1) is 34.4 Å². The second kappa shape index (κ2) is 21.6. The van der Waals surface area contributed by atoms with Crippen LogP contribution in [0.2, 0.25) is 0 Å². The molecule has 9 heteroatoms. The van der Waals surface area contributed by atoms with Crippen LogP contribution in [0.4, 0.5) is 0 Å². The van der Waals surface area contributed by atoms with Crippen molar-refractivity contribution in [1.29, 1.82) is 0 Å². The summed E-state index contributed by atoms with van der Waals surface area (Å²) in [4.78, 5) is 21.2. The highest BCUT2D eigenvalue weighted by Gasteiger charge is 2.25. The Morgan fingerprint density at radius 3 is 1.71 bits per heavy atom. The van der Waals surface area contributed by atoms with E-state index in [1.165, 1.54) is 84.0 Å². The van der Waals surface area contributed by atoms with E-state index in [0.717, 1.165) is 12.8 Å². The maximum atomic E-state index is 12.0. The number of ether oxygens (including phenoxy) is 2. The number of unbranched alkanes of at least 4 members (excludes halogenated alkanes) is 13. The van der Waals surface area contributed by atoms with Crippen LogP contribution in [-0.2, 0) is 27.9 Å². The first-order chi connectivity index (χ1) is 16.6. The Labute approximate surface area is 215 Å². The molecule has 0 aliphatic rings. The maximum Gasteiger partial charge on any atom is 0.472 e. The molecule has 0 aromatic rings. The molecule has 1 unspecified atom stereocenters. The summed E-state index contributed by atoms with van der Waals surface area (Å²) >= 11 is 0. The number of rotatable bonds is 25. The van der Waals surface area contributed by atoms with Crippen molar-refractivity contribution in [1.82, 2.24) is 0 Å². The quantitative estimate of drug-likeness (QED) is 0.0653. The summed E-state index contributed by atoms with van der Waals surface area (Å²) in [6.07, 6.45) is 17.4. The number of nitrogens with zero attached hydrogens (tertiary/aromatic N) is 1. The van der Waals surface area contributed by atoms with Crippen molar-refractivity contribution < 1.29 is 37.3 Å². The van der Waals surface area contributed by atoms with Gasteiger partial charge >= 0.3 is 13.8 Å². The molecule has 0 aliphatic heterocycles. The van der Waals surface area contributed by atoms with E-state index < -0.39 is 19.9 Å². The van der Waals surface area contributed by atoms with Crippen LogP contribution in [0.3, 0.4) is 0 Å². The summed E-state index contributed by atoms with van der Waals surface area (Å²) < 4.78 is 33.4. The summed E-state index contributed by atoms with van der Waals surface area (Å²) in [7, 11) is 1.66. The van der Waals surface area contributed by atoms with E-state index in [9.17, 15) is 14.3 Å². The van der Waals surface area contributed by atoms with Gasteiger partial charge in [0.2, 0.25) is 0 Å². The molecule has 0 radical (unpaired) electrons. The van der Waals surface area contributed by atoms with E-state index in [4.69, 9.17) is 18.5 Å². The third-order valence-electron chi connectivity index (χ3n) is 5.72. The van der Waals surface area contributed by atoms with E-state index in [-0.39, 0.29) is 19.8 Å². The van der Waals surface area contributed by atoms with Crippen LogP contribution in [-0.4, -0.2) is 75.6 Å². The Morgan fingerprint density at radius 2 is 1.26 bits per heavy atom. The number of quaternary nitrogens is 1. The number of phosphoric acid groups is 1. The first kappa shape index (κ1) is 34.5. The van der Waals surface area contributed by atoms with Crippen molar-refractivity contribution in [3.05, 3.63) is 0 Å². The molecule has 0 saturated heterocycles. The van der Waals surface area contributed by atoms with Crippen molar-refractivity contribution in [2.45, 2.75) is 110 Å². The summed E-state index contributed by atoms with van der Waals surface area (Å²) in [6, 6.07) is 0. The average Bonchev–Trinajstić information content (AvgIpc) is 2.75. The smallest absolute Gasteiger partial charge is 0.458 e. The number of carbonyl (C=O) groups excluding carboxylic acids is 1. The van der Waals surface area contributed by atoms with Gasteiger partial charge in [-0.2, -0.15) is 0 Å². The van der Waals surface area contributed by atoms with E-state index in [2.05, 4.69) is 6.92 Å². The zero-order valence-corrected chi connectivity index (χ0v) is 24.2. The number of hydrogen-bond acceptors (Lipinski definition) is 6. The van der Waals surface area contributed by atoms with Crippen LogP contribution in [0.1, 0.15) is 104 Å². The number of esters is 1. The van der Waals surface area contributed by atoms with Crippen molar-refractivity contribution in [2.24, 2.45) is 0 Å². The van der Waals surface area contributed by atoms with Crippen LogP contribution in [0, 0.1) is 0 Å². The predicted octanol–water partition coefficient (Wildman–Crippen LogP) is 6.26. The largest absolute Gasteiger partial charge is 0.472 e. The molecular formula is C26H55NO7P+. The highest BCUT2D eigenvalue weighted by atomic mass is 31.2. The van der Waals surface area contributed by atoms with E-state index in [1.807, 2.05) is 21.1 Å². The summed E-state index contributed by atoms with van der Waals surface area (Å²) in [5.41, 5.74) is 0. The lowest BCUT2D eigenvalue weighted by molar-refractivity contribution is -0.870. The molecule has 0 aliphatic carbocycles. The molecule has 0 aromatic carbocycles.